The Morgan fingerprint density at radius 2 is 1.90 bits per heavy atom. The van der Waals surface area contributed by atoms with Crippen molar-refractivity contribution in [3.8, 4) is 5.75 Å². The number of benzene rings is 1. The van der Waals surface area contributed by atoms with Gasteiger partial charge < -0.3 is 15.0 Å². The van der Waals surface area contributed by atoms with E-state index in [1.165, 1.54) is 42.6 Å². The zero-order valence-electron chi connectivity index (χ0n) is 18.0. The normalized spacial score (nSPS) is 13.2. The van der Waals surface area contributed by atoms with Gasteiger partial charge in [-0.25, -0.2) is 13.4 Å². The largest absolute Gasteiger partial charge is 0.435 e. The van der Waals surface area contributed by atoms with Crippen molar-refractivity contribution >= 4 is 32.9 Å². The molecular formula is C19H27F2N5O4S. The van der Waals surface area contributed by atoms with Crippen LogP contribution in [0, 0.1) is 0 Å². The molecule has 1 aromatic rings. The van der Waals surface area contributed by atoms with Crippen LogP contribution in [0.5, 0.6) is 5.75 Å². The summed E-state index contributed by atoms with van der Waals surface area (Å²) < 4.78 is 53.8. The van der Waals surface area contributed by atoms with Crippen molar-refractivity contribution in [3.63, 3.8) is 0 Å². The van der Waals surface area contributed by atoms with E-state index in [9.17, 15) is 22.0 Å². The summed E-state index contributed by atoms with van der Waals surface area (Å²) in [5, 5.41) is 2.37. The summed E-state index contributed by atoms with van der Waals surface area (Å²) in [4.78, 5) is 23.2. The molecule has 0 heterocycles. The molecule has 0 aliphatic rings. The molecule has 1 N–H and O–H groups in total. The van der Waals surface area contributed by atoms with Crippen LogP contribution in [0.3, 0.4) is 0 Å². The molecule has 0 aromatic heterocycles. The van der Waals surface area contributed by atoms with Gasteiger partial charge in [0.15, 0.2) is 0 Å². The van der Waals surface area contributed by atoms with E-state index in [0.717, 1.165) is 11.2 Å². The number of hydrogen-bond acceptors (Lipinski definition) is 6. The van der Waals surface area contributed by atoms with E-state index in [0.29, 0.717) is 0 Å². The number of amidine groups is 1. The van der Waals surface area contributed by atoms with Gasteiger partial charge in [0.05, 0.1) is 12.0 Å². The second-order valence-electron chi connectivity index (χ2n) is 6.35. The molecule has 31 heavy (non-hydrogen) atoms. The lowest BCUT2D eigenvalue weighted by atomic mass is 10.2. The van der Waals surface area contributed by atoms with Crippen LogP contribution in [0.25, 0.3) is 0 Å². The third-order valence-electron chi connectivity index (χ3n) is 3.97. The minimum atomic E-state index is -3.82. The molecule has 172 valence electrons. The van der Waals surface area contributed by atoms with Gasteiger partial charge in [-0.2, -0.15) is 8.78 Å². The Kier molecular flexibility index (Phi) is 9.56. The minimum absolute atomic E-state index is 0.0662. The summed E-state index contributed by atoms with van der Waals surface area (Å²) in [5.74, 6) is -0.677. The zero-order valence-corrected chi connectivity index (χ0v) is 18.9. The number of alkyl halides is 2. The predicted molar refractivity (Wildman–Crippen MR) is 117 cm³/mol. The van der Waals surface area contributed by atoms with Crippen molar-refractivity contribution in [2.45, 2.75) is 33.0 Å². The number of hydrogen-bond donors (Lipinski definition) is 1. The van der Waals surface area contributed by atoms with Crippen molar-refractivity contribution in [2.24, 2.45) is 9.98 Å². The SMILES string of the molecule is C=C(/N=C(\N(C)C(C)/N=C\NC)S(C)(=O)=O)N(C(=O)CC)c1ccc(OC(F)F)cc1. The summed E-state index contributed by atoms with van der Waals surface area (Å²) in [6, 6.07) is 5.25. The Morgan fingerprint density at radius 1 is 1.32 bits per heavy atom. The molecule has 0 saturated carbocycles. The second-order valence-corrected chi connectivity index (χ2v) is 8.26. The fourth-order valence-electron chi connectivity index (χ4n) is 2.40. The lowest BCUT2D eigenvalue weighted by Crippen LogP contribution is -2.40. The quantitative estimate of drug-likeness (QED) is 0.449. The number of ether oxygens (including phenoxy) is 1. The summed E-state index contributed by atoms with van der Waals surface area (Å²) >= 11 is 0. The summed E-state index contributed by atoms with van der Waals surface area (Å²) in [6.07, 6.45) is 1.87. The number of carbonyl (C=O) groups is 1. The van der Waals surface area contributed by atoms with Crippen LogP contribution < -0.4 is 15.0 Å². The van der Waals surface area contributed by atoms with Crippen LogP contribution in [-0.2, 0) is 14.6 Å². The lowest BCUT2D eigenvalue weighted by Gasteiger charge is -2.27. The van der Waals surface area contributed by atoms with E-state index < -0.39 is 28.5 Å². The van der Waals surface area contributed by atoms with Crippen LogP contribution in [0.15, 0.2) is 46.7 Å². The first-order valence-corrected chi connectivity index (χ1v) is 11.1. The number of sulfone groups is 1. The summed E-state index contributed by atoms with van der Waals surface area (Å²) in [7, 11) is -0.676. The molecule has 0 saturated heterocycles. The number of aliphatic imine (C=N–C) groups is 2. The minimum Gasteiger partial charge on any atom is -0.435 e. The Morgan fingerprint density at radius 3 is 2.35 bits per heavy atom. The molecule has 1 rings (SSSR count). The number of carbonyl (C=O) groups excluding carboxylic acids is 1. The van der Waals surface area contributed by atoms with Gasteiger partial charge in [0.2, 0.25) is 20.9 Å². The van der Waals surface area contributed by atoms with E-state index >= 15 is 0 Å². The maximum atomic E-state index is 12.5. The predicted octanol–water partition coefficient (Wildman–Crippen LogP) is 2.43. The lowest BCUT2D eigenvalue weighted by molar-refractivity contribution is -0.117. The molecule has 0 bridgehead atoms. The van der Waals surface area contributed by atoms with Crippen LogP contribution in [0.4, 0.5) is 14.5 Å². The highest BCUT2D eigenvalue weighted by Crippen LogP contribution is 2.25. The number of anilines is 1. The van der Waals surface area contributed by atoms with Gasteiger partial charge in [-0.05, 0) is 31.2 Å². The molecule has 1 atom stereocenters. The highest BCUT2D eigenvalue weighted by molar-refractivity contribution is 8.05. The van der Waals surface area contributed by atoms with Gasteiger partial charge >= 0.3 is 6.61 Å². The molecule has 0 aliphatic carbocycles. The van der Waals surface area contributed by atoms with E-state index in [1.54, 1.807) is 20.9 Å². The number of rotatable bonds is 9. The molecular weight excluding hydrogens is 432 g/mol. The Bertz CT molecular complexity index is 933. The van der Waals surface area contributed by atoms with Gasteiger partial charge in [-0.15, -0.1) is 0 Å². The van der Waals surface area contributed by atoms with Crippen molar-refractivity contribution < 1.29 is 26.7 Å². The zero-order chi connectivity index (χ0) is 23.8. The molecule has 1 unspecified atom stereocenters. The average Bonchev–Trinajstić information content (AvgIpc) is 2.69. The highest BCUT2D eigenvalue weighted by Gasteiger charge is 2.25. The van der Waals surface area contributed by atoms with Crippen molar-refractivity contribution in [2.75, 3.05) is 25.3 Å². The monoisotopic (exact) mass is 459 g/mol. The molecule has 0 radical (unpaired) electrons. The average molecular weight is 460 g/mol. The van der Waals surface area contributed by atoms with Gasteiger partial charge in [0.25, 0.3) is 0 Å². The third-order valence-corrected chi connectivity index (χ3v) is 5.01. The Labute approximate surface area is 181 Å². The first-order valence-electron chi connectivity index (χ1n) is 9.19. The van der Waals surface area contributed by atoms with Gasteiger partial charge in [0.1, 0.15) is 17.7 Å². The van der Waals surface area contributed by atoms with Crippen molar-refractivity contribution in [3.05, 3.63) is 36.7 Å². The van der Waals surface area contributed by atoms with Crippen LogP contribution in [0.1, 0.15) is 20.3 Å². The van der Waals surface area contributed by atoms with E-state index in [4.69, 9.17) is 0 Å². The topological polar surface area (TPSA) is 104 Å². The number of halogens is 2. The first-order chi connectivity index (χ1) is 14.4. The molecule has 0 fully saturated rings. The van der Waals surface area contributed by atoms with Gasteiger partial charge in [-0.1, -0.05) is 13.5 Å². The second kappa shape index (κ2) is 11.4. The number of nitrogens with zero attached hydrogens (tertiary/aromatic N) is 4. The van der Waals surface area contributed by atoms with E-state index in [-0.39, 0.29) is 28.8 Å². The highest BCUT2D eigenvalue weighted by atomic mass is 32.2. The van der Waals surface area contributed by atoms with Gasteiger partial charge in [0, 0.05) is 26.8 Å². The molecule has 9 nitrogen and oxygen atoms in total. The number of nitrogens with one attached hydrogen (secondary N) is 1. The Hall–Kier alpha value is -3.02. The van der Waals surface area contributed by atoms with Crippen LogP contribution in [0.2, 0.25) is 0 Å². The molecule has 12 heteroatoms. The molecule has 1 amide bonds. The van der Waals surface area contributed by atoms with E-state index in [1.807, 2.05) is 0 Å². The van der Waals surface area contributed by atoms with Crippen LogP contribution >= 0.6 is 0 Å². The standard InChI is InChI=1S/C19H27F2N5O4S/c1-7-17(27)26(15-8-10-16(11-9-15)30-18(20)21)14(3)24-19(31(6,28)29)25(5)13(2)23-12-22-4/h8-13,18H,3,7H2,1-2,4-6H3,(H,22,23)/b24-19+. The molecule has 0 spiro atoms. The summed E-state index contributed by atoms with van der Waals surface area (Å²) in [6.45, 7) is 4.04. The summed E-state index contributed by atoms with van der Waals surface area (Å²) in [5.41, 5.74) is 0.263. The third kappa shape index (κ3) is 7.63. The smallest absolute Gasteiger partial charge is 0.387 e. The fourth-order valence-corrected chi connectivity index (χ4v) is 3.34. The maximum absolute atomic E-state index is 12.5. The van der Waals surface area contributed by atoms with Gasteiger partial charge in [-0.3, -0.25) is 14.7 Å². The fraction of sp³-hybridized carbons (Fsp3) is 0.421. The number of amides is 1. The van der Waals surface area contributed by atoms with Crippen LogP contribution in [-0.4, -0.2) is 63.9 Å². The van der Waals surface area contributed by atoms with Crippen molar-refractivity contribution in [1.29, 1.82) is 0 Å². The molecule has 0 aliphatic heterocycles. The molecule has 1 aromatic carbocycles. The van der Waals surface area contributed by atoms with E-state index in [2.05, 4.69) is 26.6 Å². The maximum Gasteiger partial charge on any atom is 0.387 e. The Balaban J connectivity index is 3.38. The first kappa shape index (κ1) is 26.0. The van der Waals surface area contributed by atoms with Crippen molar-refractivity contribution in [1.82, 2.24) is 10.2 Å².